The van der Waals surface area contributed by atoms with Crippen LogP contribution in [-0.4, -0.2) is 23.7 Å². The second kappa shape index (κ2) is 5.76. The molecule has 2 rings (SSSR count). The Hall–Kier alpha value is -1.42. The van der Waals surface area contributed by atoms with Gasteiger partial charge >= 0.3 is 0 Å². The highest BCUT2D eigenvalue weighted by Gasteiger charge is 2.40. The van der Waals surface area contributed by atoms with Gasteiger partial charge in [0.25, 0.3) is 5.91 Å². The van der Waals surface area contributed by atoms with Crippen molar-refractivity contribution >= 4 is 5.91 Å². The van der Waals surface area contributed by atoms with E-state index in [1.54, 1.807) is 12.1 Å². The molecule has 1 aromatic rings. The summed E-state index contributed by atoms with van der Waals surface area (Å²) in [6.45, 7) is 6.78. The van der Waals surface area contributed by atoms with Crippen LogP contribution < -0.4 is 5.32 Å². The highest BCUT2D eigenvalue weighted by Crippen LogP contribution is 2.45. The molecule has 0 radical (unpaired) electrons. The molecule has 1 amide bonds. The summed E-state index contributed by atoms with van der Waals surface area (Å²) in [4.78, 5) is 12.1. The molecular formula is C17H24FNO2. The van der Waals surface area contributed by atoms with Gasteiger partial charge in [-0.2, -0.15) is 0 Å². The number of hydrogen-bond acceptors (Lipinski definition) is 2. The van der Waals surface area contributed by atoms with Crippen molar-refractivity contribution in [2.24, 2.45) is 10.8 Å². The van der Waals surface area contributed by atoms with E-state index < -0.39 is 11.7 Å². The molecule has 116 valence electrons. The third kappa shape index (κ3) is 4.03. The maximum Gasteiger partial charge on any atom is 0.254 e. The number of nitrogens with one attached hydrogen (secondary N) is 1. The van der Waals surface area contributed by atoms with Gasteiger partial charge in [0.1, 0.15) is 5.82 Å². The molecule has 0 bridgehead atoms. The van der Waals surface area contributed by atoms with Crippen LogP contribution in [-0.2, 0) is 0 Å². The van der Waals surface area contributed by atoms with Crippen LogP contribution in [0, 0.1) is 16.6 Å². The lowest BCUT2D eigenvalue weighted by Gasteiger charge is -2.45. The molecule has 1 aliphatic carbocycles. The molecule has 2 unspecified atom stereocenters. The Labute approximate surface area is 125 Å². The van der Waals surface area contributed by atoms with Crippen LogP contribution in [0.25, 0.3) is 0 Å². The van der Waals surface area contributed by atoms with E-state index in [1.807, 2.05) is 0 Å². The smallest absolute Gasteiger partial charge is 0.254 e. The van der Waals surface area contributed by atoms with E-state index in [1.165, 1.54) is 12.1 Å². The molecular weight excluding hydrogens is 269 g/mol. The zero-order valence-electron chi connectivity index (χ0n) is 12.9. The highest BCUT2D eigenvalue weighted by atomic mass is 19.1. The van der Waals surface area contributed by atoms with Gasteiger partial charge in [-0.15, -0.1) is 0 Å². The van der Waals surface area contributed by atoms with Crippen LogP contribution in [0.4, 0.5) is 4.39 Å². The summed E-state index contributed by atoms with van der Waals surface area (Å²) in [6.07, 6.45) is 2.02. The molecule has 0 heterocycles. The van der Waals surface area contributed by atoms with Crippen LogP contribution in [0.5, 0.6) is 0 Å². The SMILES string of the molecule is CC1(C)CC(O)CC(C)(CNC(=O)c2ccccc2F)C1. The van der Waals surface area contributed by atoms with Crippen molar-refractivity contribution < 1.29 is 14.3 Å². The maximum absolute atomic E-state index is 13.6. The molecule has 2 atom stereocenters. The average Bonchev–Trinajstić information content (AvgIpc) is 2.33. The quantitative estimate of drug-likeness (QED) is 0.899. The van der Waals surface area contributed by atoms with E-state index in [-0.39, 0.29) is 22.5 Å². The molecule has 0 spiro atoms. The van der Waals surface area contributed by atoms with Gasteiger partial charge in [-0.3, -0.25) is 4.79 Å². The zero-order valence-corrected chi connectivity index (χ0v) is 12.9. The Morgan fingerprint density at radius 2 is 2.00 bits per heavy atom. The lowest BCUT2D eigenvalue weighted by Crippen LogP contribution is -2.45. The van der Waals surface area contributed by atoms with Crippen LogP contribution in [0.3, 0.4) is 0 Å². The van der Waals surface area contributed by atoms with Crippen molar-refractivity contribution in [2.45, 2.75) is 46.1 Å². The molecule has 21 heavy (non-hydrogen) atoms. The minimum Gasteiger partial charge on any atom is -0.393 e. The van der Waals surface area contributed by atoms with Crippen LogP contribution >= 0.6 is 0 Å². The van der Waals surface area contributed by atoms with E-state index in [9.17, 15) is 14.3 Å². The molecule has 4 heteroatoms. The molecule has 0 saturated heterocycles. The number of benzene rings is 1. The molecule has 1 aliphatic rings. The summed E-state index contributed by atoms with van der Waals surface area (Å²) in [7, 11) is 0. The van der Waals surface area contributed by atoms with Gasteiger partial charge in [-0.05, 0) is 42.2 Å². The first-order valence-corrected chi connectivity index (χ1v) is 7.42. The number of rotatable bonds is 3. The molecule has 1 fully saturated rings. The Morgan fingerprint density at radius 1 is 1.33 bits per heavy atom. The maximum atomic E-state index is 13.6. The lowest BCUT2D eigenvalue weighted by molar-refractivity contribution is -0.00841. The Balaban J connectivity index is 2.02. The first-order chi connectivity index (χ1) is 9.71. The normalized spacial score (nSPS) is 28.1. The van der Waals surface area contributed by atoms with Crippen molar-refractivity contribution in [2.75, 3.05) is 6.54 Å². The molecule has 0 aromatic heterocycles. The number of carbonyl (C=O) groups is 1. The Morgan fingerprint density at radius 3 is 2.62 bits per heavy atom. The number of amides is 1. The number of hydrogen-bond donors (Lipinski definition) is 2. The molecule has 3 nitrogen and oxygen atoms in total. The van der Waals surface area contributed by atoms with Crippen molar-refractivity contribution in [1.29, 1.82) is 0 Å². The molecule has 1 aromatic carbocycles. The van der Waals surface area contributed by atoms with E-state index in [2.05, 4.69) is 26.1 Å². The number of aliphatic hydroxyl groups is 1. The number of carbonyl (C=O) groups excluding carboxylic acids is 1. The van der Waals surface area contributed by atoms with Crippen molar-refractivity contribution in [3.63, 3.8) is 0 Å². The van der Waals surface area contributed by atoms with Crippen molar-refractivity contribution in [3.05, 3.63) is 35.6 Å². The summed E-state index contributed by atoms with van der Waals surface area (Å²) in [5.41, 5.74) is -0.0475. The van der Waals surface area contributed by atoms with Gasteiger partial charge in [0, 0.05) is 6.54 Å². The van der Waals surface area contributed by atoms with Gasteiger partial charge in [0.2, 0.25) is 0 Å². The van der Waals surface area contributed by atoms with Crippen molar-refractivity contribution in [3.8, 4) is 0 Å². The second-order valence-corrected chi connectivity index (χ2v) is 7.38. The highest BCUT2D eigenvalue weighted by molar-refractivity contribution is 5.94. The third-order valence-corrected chi connectivity index (χ3v) is 4.22. The number of halogens is 1. The topological polar surface area (TPSA) is 49.3 Å². The zero-order chi connectivity index (χ0) is 15.7. The lowest BCUT2D eigenvalue weighted by atomic mass is 9.63. The molecule has 0 aliphatic heterocycles. The fourth-order valence-electron chi connectivity index (χ4n) is 3.75. The summed E-state index contributed by atoms with van der Waals surface area (Å²) >= 11 is 0. The first-order valence-electron chi connectivity index (χ1n) is 7.42. The predicted molar refractivity (Wildman–Crippen MR) is 80.5 cm³/mol. The minimum absolute atomic E-state index is 0.0507. The van der Waals surface area contributed by atoms with E-state index in [0.717, 1.165) is 12.8 Å². The van der Waals surface area contributed by atoms with Gasteiger partial charge in [-0.1, -0.05) is 32.9 Å². The Kier molecular flexibility index (Phi) is 4.38. The standard InChI is InChI=1S/C17H24FNO2/c1-16(2)8-12(20)9-17(3,10-16)11-19-15(21)13-6-4-5-7-14(13)18/h4-7,12,20H,8-11H2,1-3H3,(H,19,21). The van der Waals surface area contributed by atoms with E-state index >= 15 is 0 Å². The van der Waals surface area contributed by atoms with E-state index in [0.29, 0.717) is 13.0 Å². The Bertz CT molecular complexity index is 529. The van der Waals surface area contributed by atoms with Gasteiger partial charge in [-0.25, -0.2) is 4.39 Å². The largest absolute Gasteiger partial charge is 0.393 e. The van der Waals surface area contributed by atoms with Crippen molar-refractivity contribution in [1.82, 2.24) is 5.32 Å². The minimum atomic E-state index is -0.510. The fraction of sp³-hybridized carbons (Fsp3) is 0.588. The summed E-state index contributed by atoms with van der Waals surface area (Å²) < 4.78 is 13.6. The van der Waals surface area contributed by atoms with Crippen LogP contribution in [0.2, 0.25) is 0 Å². The summed E-state index contributed by atoms with van der Waals surface area (Å²) in [5, 5.41) is 12.9. The molecule has 2 N–H and O–H groups in total. The number of aliphatic hydroxyl groups excluding tert-OH is 1. The summed E-state index contributed by atoms with van der Waals surface area (Å²) in [5.74, 6) is -0.906. The average molecular weight is 293 g/mol. The third-order valence-electron chi connectivity index (χ3n) is 4.22. The van der Waals surface area contributed by atoms with Gasteiger partial charge in [0.15, 0.2) is 0 Å². The monoisotopic (exact) mass is 293 g/mol. The van der Waals surface area contributed by atoms with E-state index in [4.69, 9.17) is 0 Å². The van der Waals surface area contributed by atoms with Gasteiger partial charge < -0.3 is 10.4 Å². The first kappa shape index (κ1) is 16.0. The van der Waals surface area contributed by atoms with Crippen LogP contribution in [0.1, 0.15) is 50.4 Å². The van der Waals surface area contributed by atoms with Crippen LogP contribution in [0.15, 0.2) is 24.3 Å². The van der Waals surface area contributed by atoms with Gasteiger partial charge in [0.05, 0.1) is 11.7 Å². The fourth-order valence-corrected chi connectivity index (χ4v) is 3.75. The summed E-state index contributed by atoms with van der Waals surface area (Å²) in [6, 6.07) is 5.97. The second-order valence-electron chi connectivity index (χ2n) is 7.38. The molecule has 1 saturated carbocycles. The predicted octanol–water partition coefficient (Wildman–Crippen LogP) is 3.13.